The maximum atomic E-state index is 11.7. The number of hydrogen-bond acceptors (Lipinski definition) is 2. The highest BCUT2D eigenvalue weighted by atomic mass is 16.1. The van der Waals surface area contributed by atoms with Crippen LogP contribution in [0.15, 0.2) is 54.7 Å². The number of nitrogens with zero attached hydrogens (tertiary/aromatic N) is 1. The van der Waals surface area contributed by atoms with Crippen molar-refractivity contribution in [3.63, 3.8) is 0 Å². The fourth-order valence-corrected chi connectivity index (χ4v) is 1.87. The normalized spacial score (nSPS) is 10.1. The van der Waals surface area contributed by atoms with Gasteiger partial charge in [-0.05, 0) is 24.1 Å². The van der Waals surface area contributed by atoms with Crippen LogP contribution in [0, 0.1) is 0 Å². The molecule has 2 aromatic rings. The molecule has 0 fully saturated rings. The highest BCUT2D eigenvalue weighted by Crippen LogP contribution is 2.02. The molecule has 0 aliphatic carbocycles. The van der Waals surface area contributed by atoms with Crippen molar-refractivity contribution < 1.29 is 4.79 Å². The van der Waals surface area contributed by atoms with Gasteiger partial charge in [0.15, 0.2) is 0 Å². The predicted molar refractivity (Wildman–Crippen MR) is 75.7 cm³/mol. The summed E-state index contributed by atoms with van der Waals surface area (Å²) in [6.07, 6.45) is 3.87. The largest absolute Gasteiger partial charge is 0.356 e. The van der Waals surface area contributed by atoms with Crippen LogP contribution >= 0.6 is 0 Å². The molecular weight excluding hydrogens is 236 g/mol. The summed E-state index contributed by atoms with van der Waals surface area (Å²) in [5.74, 6) is 0.0970. The summed E-state index contributed by atoms with van der Waals surface area (Å²) in [6.45, 7) is 0.643. The van der Waals surface area contributed by atoms with Gasteiger partial charge in [0, 0.05) is 31.3 Å². The second-order valence-electron chi connectivity index (χ2n) is 4.41. The van der Waals surface area contributed by atoms with Crippen LogP contribution in [0.3, 0.4) is 0 Å². The Morgan fingerprint density at radius 3 is 2.53 bits per heavy atom. The van der Waals surface area contributed by atoms with Gasteiger partial charge in [-0.2, -0.15) is 0 Å². The second kappa shape index (κ2) is 7.31. The van der Waals surface area contributed by atoms with E-state index in [-0.39, 0.29) is 5.91 Å². The van der Waals surface area contributed by atoms with E-state index in [2.05, 4.69) is 10.3 Å². The number of rotatable bonds is 6. The lowest BCUT2D eigenvalue weighted by Crippen LogP contribution is -2.26. The number of aryl methyl sites for hydroxylation is 1. The number of pyridine rings is 1. The zero-order chi connectivity index (χ0) is 13.3. The Balaban J connectivity index is 1.65. The first kappa shape index (κ1) is 13.3. The molecule has 0 saturated carbocycles. The lowest BCUT2D eigenvalue weighted by molar-refractivity contribution is -0.121. The third-order valence-electron chi connectivity index (χ3n) is 2.91. The van der Waals surface area contributed by atoms with Crippen molar-refractivity contribution in [2.24, 2.45) is 0 Å². The maximum Gasteiger partial charge on any atom is 0.220 e. The molecule has 19 heavy (non-hydrogen) atoms. The van der Waals surface area contributed by atoms with Crippen molar-refractivity contribution in [2.45, 2.75) is 19.3 Å². The molecule has 3 heteroatoms. The topological polar surface area (TPSA) is 42.0 Å². The van der Waals surface area contributed by atoms with Crippen LogP contribution in [0.5, 0.6) is 0 Å². The Labute approximate surface area is 113 Å². The van der Waals surface area contributed by atoms with Crippen LogP contribution in [0.25, 0.3) is 0 Å². The van der Waals surface area contributed by atoms with Gasteiger partial charge in [-0.15, -0.1) is 0 Å². The highest BCUT2D eigenvalue weighted by Gasteiger charge is 2.01. The molecule has 1 heterocycles. The van der Waals surface area contributed by atoms with Gasteiger partial charge < -0.3 is 5.32 Å². The Hall–Kier alpha value is -2.16. The van der Waals surface area contributed by atoms with Gasteiger partial charge in [0.05, 0.1) is 0 Å². The zero-order valence-electron chi connectivity index (χ0n) is 10.9. The Bertz CT molecular complexity index is 497. The van der Waals surface area contributed by atoms with Crippen LogP contribution in [-0.2, 0) is 17.6 Å². The number of carbonyl (C=O) groups excluding carboxylic acids is 1. The maximum absolute atomic E-state index is 11.7. The van der Waals surface area contributed by atoms with E-state index in [1.807, 2.05) is 48.5 Å². The Morgan fingerprint density at radius 2 is 1.79 bits per heavy atom. The van der Waals surface area contributed by atoms with Crippen LogP contribution in [0.4, 0.5) is 0 Å². The van der Waals surface area contributed by atoms with E-state index in [0.29, 0.717) is 13.0 Å². The Morgan fingerprint density at radius 1 is 1.00 bits per heavy atom. The number of hydrogen-bond donors (Lipinski definition) is 1. The Kier molecular flexibility index (Phi) is 5.11. The van der Waals surface area contributed by atoms with Crippen molar-refractivity contribution in [3.05, 3.63) is 66.0 Å². The molecule has 1 aromatic heterocycles. The molecule has 98 valence electrons. The molecule has 0 unspecified atom stereocenters. The minimum atomic E-state index is 0.0970. The summed E-state index contributed by atoms with van der Waals surface area (Å²) >= 11 is 0. The summed E-state index contributed by atoms with van der Waals surface area (Å²) in [6, 6.07) is 15.9. The number of aromatic nitrogens is 1. The standard InChI is InChI=1S/C16H18N2O/c19-16(10-9-14-6-2-1-3-7-14)18-13-11-15-8-4-5-12-17-15/h1-8,12H,9-11,13H2,(H,18,19). The number of benzene rings is 1. The van der Waals surface area contributed by atoms with Crippen LogP contribution in [0.2, 0.25) is 0 Å². The third-order valence-corrected chi connectivity index (χ3v) is 2.91. The first-order chi connectivity index (χ1) is 9.34. The molecule has 3 nitrogen and oxygen atoms in total. The van der Waals surface area contributed by atoms with Crippen molar-refractivity contribution >= 4 is 5.91 Å². The number of nitrogens with one attached hydrogen (secondary N) is 1. The van der Waals surface area contributed by atoms with E-state index >= 15 is 0 Å². The molecule has 1 amide bonds. The van der Waals surface area contributed by atoms with E-state index in [0.717, 1.165) is 18.5 Å². The molecule has 0 atom stereocenters. The lowest BCUT2D eigenvalue weighted by Gasteiger charge is -2.05. The first-order valence-electron chi connectivity index (χ1n) is 6.55. The van der Waals surface area contributed by atoms with Gasteiger partial charge in [-0.1, -0.05) is 36.4 Å². The van der Waals surface area contributed by atoms with Gasteiger partial charge in [0.25, 0.3) is 0 Å². The van der Waals surface area contributed by atoms with Crippen molar-refractivity contribution in [1.82, 2.24) is 10.3 Å². The van der Waals surface area contributed by atoms with Crippen molar-refractivity contribution in [3.8, 4) is 0 Å². The van der Waals surface area contributed by atoms with Crippen LogP contribution < -0.4 is 5.32 Å². The molecule has 0 aliphatic rings. The van der Waals surface area contributed by atoms with E-state index in [1.54, 1.807) is 6.20 Å². The van der Waals surface area contributed by atoms with Crippen molar-refractivity contribution in [2.75, 3.05) is 6.54 Å². The van der Waals surface area contributed by atoms with Gasteiger partial charge in [-0.3, -0.25) is 9.78 Å². The first-order valence-corrected chi connectivity index (χ1v) is 6.55. The van der Waals surface area contributed by atoms with Gasteiger partial charge in [0.1, 0.15) is 0 Å². The summed E-state index contributed by atoms with van der Waals surface area (Å²) in [7, 11) is 0. The zero-order valence-corrected chi connectivity index (χ0v) is 10.9. The molecule has 0 bridgehead atoms. The van der Waals surface area contributed by atoms with E-state index < -0.39 is 0 Å². The van der Waals surface area contributed by atoms with Crippen LogP contribution in [-0.4, -0.2) is 17.4 Å². The monoisotopic (exact) mass is 254 g/mol. The molecule has 1 N–H and O–H groups in total. The minimum Gasteiger partial charge on any atom is -0.356 e. The second-order valence-corrected chi connectivity index (χ2v) is 4.41. The summed E-state index contributed by atoms with van der Waals surface area (Å²) in [4.78, 5) is 15.9. The molecule has 1 aromatic carbocycles. The average Bonchev–Trinajstić information content (AvgIpc) is 2.47. The number of carbonyl (C=O) groups is 1. The smallest absolute Gasteiger partial charge is 0.220 e. The van der Waals surface area contributed by atoms with Gasteiger partial charge in [-0.25, -0.2) is 0 Å². The molecule has 2 rings (SSSR count). The SMILES string of the molecule is O=C(CCc1ccccc1)NCCc1ccccn1. The quantitative estimate of drug-likeness (QED) is 0.860. The molecular formula is C16H18N2O. The summed E-state index contributed by atoms with van der Waals surface area (Å²) < 4.78 is 0. The lowest BCUT2D eigenvalue weighted by atomic mass is 10.1. The van der Waals surface area contributed by atoms with Crippen molar-refractivity contribution in [1.29, 1.82) is 0 Å². The summed E-state index contributed by atoms with van der Waals surface area (Å²) in [5, 5.41) is 2.92. The predicted octanol–water partition coefficient (Wildman–Crippen LogP) is 2.37. The average molecular weight is 254 g/mol. The molecule has 0 saturated heterocycles. The van der Waals surface area contributed by atoms with E-state index in [4.69, 9.17) is 0 Å². The highest BCUT2D eigenvalue weighted by molar-refractivity contribution is 5.76. The minimum absolute atomic E-state index is 0.0970. The fraction of sp³-hybridized carbons (Fsp3) is 0.250. The van der Waals surface area contributed by atoms with Gasteiger partial charge >= 0.3 is 0 Å². The number of amides is 1. The van der Waals surface area contributed by atoms with E-state index in [9.17, 15) is 4.79 Å². The van der Waals surface area contributed by atoms with Gasteiger partial charge in [0.2, 0.25) is 5.91 Å². The summed E-state index contributed by atoms with van der Waals surface area (Å²) in [5.41, 5.74) is 2.20. The van der Waals surface area contributed by atoms with E-state index in [1.165, 1.54) is 5.56 Å². The molecule has 0 spiro atoms. The molecule has 0 radical (unpaired) electrons. The fourth-order valence-electron chi connectivity index (χ4n) is 1.87. The van der Waals surface area contributed by atoms with Crippen LogP contribution in [0.1, 0.15) is 17.7 Å². The molecule has 0 aliphatic heterocycles. The third kappa shape index (κ3) is 4.92.